The van der Waals surface area contributed by atoms with Gasteiger partial charge in [-0.25, -0.2) is 0 Å². The highest BCUT2D eigenvalue weighted by Crippen LogP contribution is 2.24. The van der Waals surface area contributed by atoms with Gasteiger partial charge in [0.1, 0.15) is 6.10 Å². The van der Waals surface area contributed by atoms with Crippen molar-refractivity contribution >= 4 is 11.6 Å². The molecular formula is C14H20N2O2. The molecule has 98 valence electrons. The van der Waals surface area contributed by atoms with Gasteiger partial charge in [0.15, 0.2) is 0 Å². The topological polar surface area (TPSA) is 55.6 Å². The summed E-state index contributed by atoms with van der Waals surface area (Å²) in [5.74, 6) is 0.312. The number of hydrogen-bond acceptors (Lipinski definition) is 3. The molecule has 4 nitrogen and oxygen atoms in total. The highest BCUT2D eigenvalue weighted by atomic mass is 16.5. The van der Waals surface area contributed by atoms with Crippen molar-refractivity contribution in [3.05, 3.63) is 29.8 Å². The van der Waals surface area contributed by atoms with Gasteiger partial charge < -0.3 is 15.4 Å². The van der Waals surface area contributed by atoms with Crippen LogP contribution in [0.5, 0.6) is 0 Å². The molecule has 1 aromatic rings. The van der Waals surface area contributed by atoms with Gasteiger partial charge in [-0.2, -0.15) is 0 Å². The van der Waals surface area contributed by atoms with Crippen LogP contribution >= 0.6 is 0 Å². The fourth-order valence-corrected chi connectivity index (χ4v) is 2.22. The zero-order valence-corrected chi connectivity index (χ0v) is 10.9. The van der Waals surface area contributed by atoms with E-state index in [4.69, 9.17) is 10.5 Å². The number of carbonyl (C=O) groups is 1. The lowest BCUT2D eigenvalue weighted by Gasteiger charge is -2.23. The fourth-order valence-electron chi connectivity index (χ4n) is 2.22. The number of ether oxygens (including phenoxy) is 1. The summed E-state index contributed by atoms with van der Waals surface area (Å²) in [5, 5.41) is 0. The van der Waals surface area contributed by atoms with Crippen LogP contribution in [0.25, 0.3) is 0 Å². The highest BCUT2D eigenvalue weighted by molar-refractivity contribution is 5.96. The van der Waals surface area contributed by atoms with Gasteiger partial charge in [0.25, 0.3) is 5.91 Å². The molecule has 1 aliphatic rings. The van der Waals surface area contributed by atoms with Crippen molar-refractivity contribution in [3.63, 3.8) is 0 Å². The maximum atomic E-state index is 12.3. The van der Waals surface area contributed by atoms with Gasteiger partial charge in [0, 0.05) is 25.9 Å². The lowest BCUT2D eigenvalue weighted by atomic mass is 10.0. The molecule has 1 aromatic carbocycles. The molecule has 0 aromatic heterocycles. The second kappa shape index (κ2) is 5.50. The quantitative estimate of drug-likeness (QED) is 0.882. The number of anilines is 1. The lowest BCUT2D eigenvalue weighted by Crippen LogP contribution is -2.38. The van der Waals surface area contributed by atoms with E-state index in [0.717, 1.165) is 17.7 Å². The molecule has 2 N–H and O–H groups in total. The number of nitrogens with two attached hydrogens (primary N) is 1. The molecule has 1 amide bonds. The Bertz CT molecular complexity index is 434. The maximum Gasteiger partial charge on any atom is 0.256 e. The van der Waals surface area contributed by atoms with Crippen molar-refractivity contribution in [1.29, 1.82) is 0 Å². The Kier molecular flexibility index (Phi) is 3.99. The van der Waals surface area contributed by atoms with Crippen LogP contribution in [-0.4, -0.2) is 25.7 Å². The van der Waals surface area contributed by atoms with Gasteiger partial charge in [-0.1, -0.05) is 19.1 Å². The lowest BCUT2D eigenvalue weighted by molar-refractivity contribution is -0.128. The molecular weight excluding hydrogens is 228 g/mol. The third-order valence-electron chi connectivity index (χ3n) is 3.49. The zero-order chi connectivity index (χ0) is 13.1. The first kappa shape index (κ1) is 13.1. The monoisotopic (exact) mass is 248 g/mol. The van der Waals surface area contributed by atoms with E-state index in [0.29, 0.717) is 13.2 Å². The van der Waals surface area contributed by atoms with E-state index < -0.39 is 0 Å². The second-order valence-corrected chi connectivity index (χ2v) is 4.83. The summed E-state index contributed by atoms with van der Waals surface area (Å²) in [5.41, 5.74) is 7.50. The minimum Gasteiger partial charge on any atom is -0.368 e. The smallest absolute Gasteiger partial charge is 0.256 e. The summed E-state index contributed by atoms with van der Waals surface area (Å²) >= 11 is 0. The number of benzene rings is 1. The Morgan fingerprint density at radius 1 is 1.56 bits per heavy atom. The Labute approximate surface area is 108 Å². The standard InChI is InChI=1S/C14H20N2O2/c1-10-6-7-18-13(10)14(17)16(2)12-5-3-4-11(8-12)9-15/h3-5,8,10,13H,6-7,9,15H2,1-2H3. The molecule has 0 spiro atoms. The zero-order valence-electron chi connectivity index (χ0n) is 10.9. The molecule has 0 saturated carbocycles. The fraction of sp³-hybridized carbons (Fsp3) is 0.500. The van der Waals surface area contributed by atoms with Gasteiger partial charge in [-0.3, -0.25) is 4.79 Å². The molecule has 1 saturated heterocycles. The van der Waals surface area contributed by atoms with Gasteiger partial charge in [-0.15, -0.1) is 0 Å². The molecule has 2 atom stereocenters. The first-order valence-corrected chi connectivity index (χ1v) is 6.31. The average Bonchev–Trinajstić information content (AvgIpc) is 2.83. The van der Waals surface area contributed by atoms with Crippen LogP contribution in [-0.2, 0) is 16.1 Å². The first-order chi connectivity index (χ1) is 8.63. The van der Waals surface area contributed by atoms with Gasteiger partial charge in [-0.05, 0) is 30.0 Å². The van der Waals surface area contributed by atoms with E-state index in [1.165, 1.54) is 0 Å². The minimum absolute atomic E-state index is 0.0224. The Morgan fingerprint density at radius 2 is 2.33 bits per heavy atom. The van der Waals surface area contributed by atoms with E-state index in [-0.39, 0.29) is 17.9 Å². The predicted octanol–water partition coefficient (Wildman–Crippen LogP) is 1.53. The minimum atomic E-state index is -0.309. The number of amides is 1. The summed E-state index contributed by atoms with van der Waals surface area (Å²) in [6, 6.07) is 7.73. The second-order valence-electron chi connectivity index (χ2n) is 4.83. The third-order valence-corrected chi connectivity index (χ3v) is 3.49. The summed E-state index contributed by atoms with van der Waals surface area (Å²) in [6.07, 6.45) is 0.643. The van der Waals surface area contributed by atoms with E-state index in [9.17, 15) is 4.79 Å². The molecule has 2 unspecified atom stereocenters. The number of nitrogens with zero attached hydrogens (tertiary/aromatic N) is 1. The molecule has 0 radical (unpaired) electrons. The van der Waals surface area contributed by atoms with Crippen molar-refractivity contribution in [1.82, 2.24) is 0 Å². The van der Waals surface area contributed by atoms with Gasteiger partial charge in [0.2, 0.25) is 0 Å². The van der Waals surface area contributed by atoms with E-state index in [1.807, 2.05) is 24.3 Å². The normalized spacial score (nSPS) is 23.1. The third kappa shape index (κ3) is 2.54. The summed E-state index contributed by atoms with van der Waals surface area (Å²) in [7, 11) is 1.78. The molecule has 18 heavy (non-hydrogen) atoms. The van der Waals surface area contributed by atoms with Crippen LogP contribution in [0.2, 0.25) is 0 Å². The van der Waals surface area contributed by atoms with Crippen LogP contribution in [0.4, 0.5) is 5.69 Å². The molecule has 1 aliphatic heterocycles. The number of rotatable bonds is 3. The van der Waals surface area contributed by atoms with Crippen molar-refractivity contribution in [2.75, 3.05) is 18.6 Å². The Hall–Kier alpha value is -1.39. The van der Waals surface area contributed by atoms with Gasteiger partial charge in [0.05, 0.1) is 0 Å². The Balaban J connectivity index is 2.14. The van der Waals surface area contributed by atoms with Gasteiger partial charge >= 0.3 is 0 Å². The molecule has 0 aliphatic carbocycles. The van der Waals surface area contributed by atoms with Crippen molar-refractivity contribution in [3.8, 4) is 0 Å². The van der Waals surface area contributed by atoms with Crippen LogP contribution < -0.4 is 10.6 Å². The highest BCUT2D eigenvalue weighted by Gasteiger charge is 2.33. The van der Waals surface area contributed by atoms with E-state index >= 15 is 0 Å². The number of hydrogen-bond donors (Lipinski definition) is 1. The Morgan fingerprint density at radius 3 is 2.94 bits per heavy atom. The molecule has 4 heteroatoms. The molecule has 1 fully saturated rings. The van der Waals surface area contributed by atoms with Crippen molar-refractivity contribution < 1.29 is 9.53 Å². The largest absolute Gasteiger partial charge is 0.368 e. The summed E-state index contributed by atoms with van der Waals surface area (Å²) in [6.45, 7) is 3.21. The summed E-state index contributed by atoms with van der Waals surface area (Å²) < 4.78 is 5.51. The molecule has 2 rings (SSSR count). The maximum absolute atomic E-state index is 12.3. The van der Waals surface area contributed by atoms with E-state index in [1.54, 1.807) is 11.9 Å². The number of likely N-dealkylation sites (N-methyl/N-ethyl adjacent to an activating group) is 1. The predicted molar refractivity (Wildman–Crippen MR) is 71.3 cm³/mol. The van der Waals surface area contributed by atoms with Crippen LogP contribution in [0, 0.1) is 5.92 Å². The molecule has 1 heterocycles. The van der Waals surface area contributed by atoms with Crippen molar-refractivity contribution in [2.24, 2.45) is 11.7 Å². The van der Waals surface area contributed by atoms with Crippen LogP contribution in [0.1, 0.15) is 18.9 Å². The van der Waals surface area contributed by atoms with E-state index in [2.05, 4.69) is 6.92 Å². The summed E-state index contributed by atoms with van der Waals surface area (Å²) in [4.78, 5) is 14.0. The molecule has 0 bridgehead atoms. The first-order valence-electron chi connectivity index (χ1n) is 6.31. The van der Waals surface area contributed by atoms with Crippen LogP contribution in [0.15, 0.2) is 24.3 Å². The number of carbonyl (C=O) groups excluding carboxylic acids is 1. The SMILES string of the molecule is CC1CCOC1C(=O)N(C)c1cccc(CN)c1. The van der Waals surface area contributed by atoms with Crippen molar-refractivity contribution in [2.45, 2.75) is 26.0 Å². The average molecular weight is 248 g/mol. The van der Waals surface area contributed by atoms with Crippen LogP contribution in [0.3, 0.4) is 0 Å².